The number of carbonyl (C=O) groups excluding carboxylic acids is 2. The number of nitrogens with one attached hydrogen (secondary N) is 1. The van der Waals surface area contributed by atoms with Crippen LogP contribution >= 0.6 is 23.2 Å². The third-order valence-corrected chi connectivity index (χ3v) is 5.83. The Morgan fingerprint density at radius 3 is 2.80 bits per heavy atom. The highest BCUT2D eigenvalue weighted by atomic mass is 35.5. The highest BCUT2D eigenvalue weighted by Crippen LogP contribution is 2.37. The van der Waals surface area contributed by atoms with Crippen molar-refractivity contribution in [2.24, 2.45) is 0 Å². The maximum atomic E-state index is 13.2. The number of nitrogens with zero attached hydrogens (tertiary/aromatic N) is 3. The summed E-state index contributed by atoms with van der Waals surface area (Å²) in [5, 5.41) is 3.37. The molecule has 0 saturated carbocycles. The SMILES string of the molecule is COCCCN1C(=O)[C@H](CC(=O)Nc2cccc(Cl)c2Cl)n2c1nc1ccccc12. The Morgan fingerprint density at radius 1 is 1.20 bits per heavy atom. The second-order valence-electron chi connectivity index (χ2n) is 6.98. The first-order chi connectivity index (χ1) is 14.5. The summed E-state index contributed by atoms with van der Waals surface area (Å²) in [7, 11) is 1.62. The molecule has 2 heterocycles. The number of carbonyl (C=O) groups is 2. The number of amides is 2. The zero-order valence-electron chi connectivity index (χ0n) is 16.3. The Kier molecular flexibility index (Phi) is 5.94. The van der Waals surface area contributed by atoms with Crippen LogP contribution in [0, 0.1) is 0 Å². The Bertz CT molecular complexity index is 1110. The first-order valence-electron chi connectivity index (χ1n) is 9.52. The summed E-state index contributed by atoms with van der Waals surface area (Å²) in [5.74, 6) is 0.0579. The van der Waals surface area contributed by atoms with Gasteiger partial charge in [0, 0.05) is 20.3 Å². The molecule has 0 radical (unpaired) electrons. The van der Waals surface area contributed by atoms with Crippen LogP contribution in [0.2, 0.25) is 10.0 Å². The fourth-order valence-electron chi connectivity index (χ4n) is 3.65. The van der Waals surface area contributed by atoms with Crippen molar-refractivity contribution in [3.8, 4) is 0 Å². The number of hydrogen-bond acceptors (Lipinski definition) is 4. The van der Waals surface area contributed by atoms with E-state index in [1.165, 1.54) is 0 Å². The average molecular weight is 447 g/mol. The van der Waals surface area contributed by atoms with Crippen molar-refractivity contribution in [1.82, 2.24) is 9.55 Å². The van der Waals surface area contributed by atoms with Gasteiger partial charge in [-0.2, -0.15) is 0 Å². The van der Waals surface area contributed by atoms with E-state index in [0.717, 1.165) is 11.0 Å². The zero-order valence-corrected chi connectivity index (χ0v) is 17.8. The minimum Gasteiger partial charge on any atom is -0.385 e. The van der Waals surface area contributed by atoms with Gasteiger partial charge in [-0.15, -0.1) is 0 Å². The predicted octanol–water partition coefficient (Wildman–Crippen LogP) is 4.30. The summed E-state index contributed by atoms with van der Waals surface area (Å²) in [6.45, 7) is 0.997. The number of methoxy groups -OCH3 is 1. The molecule has 0 saturated heterocycles. The van der Waals surface area contributed by atoms with Crippen LogP contribution in [0.4, 0.5) is 11.6 Å². The maximum Gasteiger partial charge on any atom is 0.253 e. The first-order valence-corrected chi connectivity index (χ1v) is 10.3. The van der Waals surface area contributed by atoms with Gasteiger partial charge in [0.1, 0.15) is 6.04 Å². The molecule has 2 amide bonds. The molecule has 0 bridgehead atoms. The van der Waals surface area contributed by atoms with Crippen LogP contribution in [0.1, 0.15) is 18.9 Å². The number of para-hydroxylation sites is 2. The van der Waals surface area contributed by atoms with E-state index in [2.05, 4.69) is 10.3 Å². The molecule has 2 aromatic carbocycles. The van der Waals surface area contributed by atoms with Gasteiger partial charge in [-0.05, 0) is 30.7 Å². The van der Waals surface area contributed by atoms with Crippen LogP contribution in [0.25, 0.3) is 11.0 Å². The molecule has 156 valence electrons. The Balaban J connectivity index is 1.62. The number of halogens is 2. The minimum atomic E-state index is -0.687. The number of fused-ring (bicyclic) bond motifs is 3. The molecular formula is C21H20Cl2N4O3. The van der Waals surface area contributed by atoms with Gasteiger partial charge in [-0.3, -0.25) is 19.1 Å². The second kappa shape index (κ2) is 8.63. The highest BCUT2D eigenvalue weighted by Gasteiger charge is 2.40. The minimum absolute atomic E-state index is 0.0458. The lowest BCUT2D eigenvalue weighted by molar-refractivity contribution is -0.124. The van der Waals surface area contributed by atoms with Crippen LogP contribution in [0.3, 0.4) is 0 Å². The fourth-order valence-corrected chi connectivity index (χ4v) is 4.00. The summed E-state index contributed by atoms with van der Waals surface area (Å²) in [6.07, 6.45) is 0.623. The maximum absolute atomic E-state index is 13.2. The standard InChI is InChI=1S/C21H20Cl2N4O3/c1-30-11-5-10-26-20(29)17(27-16-9-3-2-7-14(16)25-21(26)27)12-18(28)24-15-8-4-6-13(22)19(15)23/h2-4,6-9,17H,5,10-12H2,1H3,(H,24,28)/t17-/m0/s1. The summed E-state index contributed by atoms with van der Waals surface area (Å²) >= 11 is 12.2. The average Bonchev–Trinajstić information content (AvgIpc) is 3.22. The summed E-state index contributed by atoms with van der Waals surface area (Å²) in [6, 6.07) is 11.9. The Labute approximate surface area is 183 Å². The van der Waals surface area contributed by atoms with Gasteiger partial charge in [0.2, 0.25) is 11.9 Å². The molecule has 4 rings (SSSR count). The number of ether oxygens (including phenoxy) is 1. The van der Waals surface area contributed by atoms with Crippen molar-refractivity contribution in [3.63, 3.8) is 0 Å². The van der Waals surface area contributed by atoms with Gasteiger partial charge in [0.25, 0.3) is 5.91 Å². The van der Waals surface area contributed by atoms with E-state index in [9.17, 15) is 9.59 Å². The molecule has 1 aliphatic rings. The summed E-state index contributed by atoms with van der Waals surface area (Å²) < 4.78 is 6.95. The number of benzene rings is 2. The lowest BCUT2D eigenvalue weighted by Crippen LogP contribution is -2.32. The van der Waals surface area contributed by atoms with E-state index >= 15 is 0 Å². The van der Waals surface area contributed by atoms with Gasteiger partial charge in [0.05, 0.1) is 33.2 Å². The number of imidazole rings is 1. The van der Waals surface area contributed by atoms with Gasteiger partial charge >= 0.3 is 0 Å². The van der Waals surface area contributed by atoms with Crippen LogP contribution in [-0.2, 0) is 14.3 Å². The summed E-state index contributed by atoms with van der Waals surface area (Å²) in [5.41, 5.74) is 2.00. The highest BCUT2D eigenvalue weighted by molar-refractivity contribution is 6.44. The Morgan fingerprint density at radius 2 is 2.00 bits per heavy atom. The number of hydrogen-bond donors (Lipinski definition) is 1. The zero-order chi connectivity index (χ0) is 21.3. The molecule has 1 N–H and O–H groups in total. The van der Waals surface area contributed by atoms with Gasteiger partial charge in [-0.1, -0.05) is 41.4 Å². The predicted molar refractivity (Wildman–Crippen MR) is 117 cm³/mol. The van der Waals surface area contributed by atoms with Crippen LogP contribution in [0.15, 0.2) is 42.5 Å². The van der Waals surface area contributed by atoms with E-state index in [1.807, 2.05) is 28.8 Å². The summed E-state index contributed by atoms with van der Waals surface area (Å²) in [4.78, 5) is 32.2. The molecule has 0 unspecified atom stereocenters. The van der Waals surface area contributed by atoms with Crippen LogP contribution in [0.5, 0.6) is 0 Å². The first kappa shape index (κ1) is 20.7. The lowest BCUT2D eigenvalue weighted by atomic mass is 10.1. The molecule has 9 heteroatoms. The third kappa shape index (κ3) is 3.76. The number of rotatable bonds is 7. The van der Waals surface area contributed by atoms with E-state index in [0.29, 0.717) is 36.2 Å². The van der Waals surface area contributed by atoms with Crippen LogP contribution in [-0.4, -0.2) is 41.6 Å². The quantitative estimate of drug-likeness (QED) is 0.548. The normalized spacial score (nSPS) is 15.6. The molecule has 0 aliphatic carbocycles. The topological polar surface area (TPSA) is 76.5 Å². The molecule has 3 aromatic rings. The van der Waals surface area contributed by atoms with Crippen molar-refractivity contribution < 1.29 is 14.3 Å². The fraction of sp³-hybridized carbons (Fsp3) is 0.286. The second-order valence-corrected chi connectivity index (χ2v) is 7.76. The smallest absolute Gasteiger partial charge is 0.253 e. The molecule has 1 aromatic heterocycles. The van der Waals surface area contributed by atoms with Crippen molar-refractivity contribution >= 4 is 57.7 Å². The van der Waals surface area contributed by atoms with Gasteiger partial charge < -0.3 is 10.1 Å². The van der Waals surface area contributed by atoms with Crippen LogP contribution < -0.4 is 10.2 Å². The molecule has 1 aliphatic heterocycles. The Hall–Kier alpha value is -2.61. The molecular weight excluding hydrogens is 427 g/mol. The van der Waals surface area contributed by atoms with Crippen molar-refractivity contribution in [1.29, 1.82) is 0 Å². The molecule has 0 spiro atoms. The van der Waals surface area contributed by atoms with Gasteiger partial charge in [-0.25, -0.2) is 4.98 Å². The monoisotopic (exact) mass is 446 g/mol. The van der Waals surface area contributed by atoms with E-state index in [4.69, 9.17) is 27.9 Å². The van der Waals surface area contributed by atoms with Gasteiger partial charge in [0.15, 0.2) is 0 Å². The molecule has 1 atom stereocenters. The largest absolute Gasteiger partial charge is 0.385 e. The van der Waals surface area contributed by atoms with E-state index in [-0.39, 0.29) is 23.3 Å². The molecule has 0 fully saturated rings. The lowest BCUT2D eigenvalue weighted by Gasteiger charge is -2.16. The molecule has 7 nitrogen and oxygen atoms in total. The van der Waals surface area contributed by atoms with E-state index in [1.54, 1.807) is 30.2 Å². The molecule has 30 heavy (non-hydrogen) atoms. The van der Waals surface area contributed by atoms with Crippen molar-refractivity contribution in [3.05, 3.63) is 52.5 Å². The number of aromatic nitrogens is 2. The van der Waals surface area contributed by atoms with E-state index < -0.39 is 6.04 Å². The van der Waals surface area contributed by atoms with Crippen molar-refractivity contribution in [2.45, 2.75) is 18.9 Å². The van der Waals surface area contributed by atoms with Crippen molar-refractivity contribution in [2.75, 3.05) is 30.5 Å². The number of anilines is 2. The third-order valence-electron chi connectivity index (χ3n) is 5.02.